The van der Waals surface area contributed by atoms with E-state index in [2.05, 4.69) is 20.4 Å². The molecule has 0 bridgehead atoms. The van der Waals surface area contributed by atoms with Gasteiger partial charge in [0.2, 0.25) is 0 Å². The lowest BCUT2D eigenvalue weighted by Crippen LogP contribution is -1.93. The highest BCUT2D eigenvalue weighted by Crippen LogP contribution is 2.29. The molecule has 1 aromatic rings. The zero-order valence-electron chi connectivity index (χ0n) is 7.72. The molecule has 0 saturated heterocycles. The summed E-state index contributed by atoms with van der Waals surface area (Å²) in [5.41, 5.74) is 2.05. The molecular formula is C10H14OS. The largest absolute Gasteiger partial charge is 0.383 e. The molecule has 12 heavy (non-hydrogen) atoms. The topological polar surface area (TPSA) is 20.2 Å². The Hall–Kier alpha value is -0.600. The van der Waals surface area contributed by atoms with E-state index in [1.165, 1.54) is 10.4 Å². The van der Waals surface area contributed by atoms with E-state index >= 15 is 0 Å². The van der Waals surface area contributed by atoms with Gasteiger partial charge < -0.3 is 5.11 Å². The highest BCUT2D eigenvalue weighted by atomic mass is 32.1. The molecular weight excluding hydrogens is 168 g/mol. The Morgan fingerprint density at radius 3 is 2.50 bits per heavy atom. The van der Waals surface area contributed by atoms with Crippen molar-refractivity contribution in [3.63, 3.8) is 0 Å². The first-order valence-electron chi connectivity index (χ1n) is 3.92. The zero-order valence-corrected chi connectivity index (χ0v) is 8.53. The number of rotatable bonds is 2. The van der Waals surface area contributed by atoms with E-state index in [4.69, 9.17) is 0 Å². The van der Waals surface area contributed by atoms with Gasteiger partial charge >= 0.3 is 0 Å². The van der Waals surface area contributed by atoms with Gasteiger partial charge in [-0.2, -0.15) is 0 Å². The van der Waals surface area contributed by atoms with Crippen molar-refractivity contribution in [1.82, 2.24) is 0 Å². The van der Waals surface area contributed by atoms with Gasteiger partial charge in [0, 0.05) is 9.75 Å². The maximum Gasteiger partial charge on any atom is 0.109 e. The van der Waals surface area contributed by atoms with Gasteiger partial charge in [0.15, 0.2) is 0 Å². The van der Waals surface area contributed by atoms with Crippen LogP contribution in [0.4, 0.5) is 0 Å². The summed E-state index contributed by atoms with van der Waals surface area (Å²) in [5.74, 6) is 0. The third-order valence-electron chi connectivity index (χ3n) is 1.92. The summed E-state index contributed by atoms with van der Waals surface area (Å²) in [4.78, 5) is 2.27. The number of aryl methyl sites for hydroxylation is 2. The molecule has 1 heterocycles. The minimum absolute atomic E-state index is 0.484. The first kappa shape index (κ1) is 9.49. The van der Waals surface area contributed by atoms with Gasteiger partial charge in [0.05, 0.1) is 0 Å². The van der Waals surface area contributed by atoms with Crippen molar-refractivity contribution in [2.45, 2.75) is 26.9 Å². The minimum atomic E-state index is -0.484. The second-order valence-corrected chi connectivity index (χ2v) is 4.42. The van der Waals surface area contributed by atoms with Gasteiger partial charge in [-0.25, -0.2) is 0 Å². The van der Waals surface area contributed by atoms with Crippen LogP contribution in [0.15, 0.2) is 18.2 Å². The first-order chi connectivity index (χ1) is 5.52. The molecule has 1 N–H and O–H groups in total. The average molecular weight is 182 g/mol. The fourth-order valence-corrected chi connectivity index (χ4v) is 2.10. The highest BCUT2D eigenvalue weighted by molar-refractivity contribution is 7.12. The Morgan fingerprint density at radius 2 is 2.17 bits per heavy atom. The van der Waals surface area contributed by atoms with Crippen LogP contribution in [0.5, 0.6) is 0 Å². The Bertz CT molecular complexity index is 279. The summed E-state index contributed by atoms with van der Waals surface area (Å²) >= 11 is 1.64. The van der Waals surface area contributed by atoms with Crippen LogP contribution in [-0.2, 0) is 0 Å². The van der Waals surface area contributed by atoms with Crippen molar-refractivity contribution in [2.75, 3.05) is 0 Å². The van der Waals surface area contributed by atoms with Crippen LogP contribution in [0, 0.1) is 13.8 Å². The Kier molecular flexibility index (Phi) is 2.70. The number of aliphatic hydroxyl groups excluding tert-OH is 1. The summed E-state index contributed by atoms with van der Waals surface area (Å²) in [6, 6.07) is 2.03. The first-order valence-corrected chi connectivity index (χ1v) is 4.74. The van der Waals surface area contributed by atoms with Crippen LogP contribution >= 0.6 is 11.3 Å². The molecule has 0 spiro atoms. The Labute approximate surface area is 77.4 Å². The predicted molar refractivity (Wildman–Crippen MR) is 53.6 cm³/mol. The average Bonchev–Trinajstić information content (AvgIpc) is 2.30. The predicted octanol–water partition coefficient (Wildman–Crippen LogP) is 2.97. The number of hydrogen-bond acceptors (Lipinski definition) is 2. The van der Waals surface area contributed by atoms with Crippen LogP contribution in [0.25, 0.3) is 0 Å². The summed E-state index contributed by atoms with van der Waals surface area (Å²) in [6.07, 6.45) is -0.484. The summed E-state index contributed by atoms with van der Waals surface area (Å²) in [5, 5.41) is 9.65. The third kappa shape index (κ3) is 1.76. The lowest BCUT2D eigenvalue weighted by molar-refractivity contribution is 0.220. The highest BCUT2D eigenvalue weighted by Gasteiger charge is 2.11. The van der Waals surface area contributed by atoms with Crippen LogP contribution in [0.3, 0.4) is 0 Å². The van der Waals surface area contributed by atoms with Gasteiger partial charge in [0.25, 0.3) is 0 Å². The fraction of sp³-hybridized carbons (Fsp3) is 0.400. The molecule has 1 atom stereocenters. The molecule has 0 saturated carbocycles. The van der Waals surface area contributed by atoms with E-state index < -0.39 is 6.10 Å². The molecule has 1 aromatic heterocycles. The molecule has 1 rings (SSSR count). The van der Waals surface area contributed by atoms with E-state index in [1.54, 1.807) is 11.3 Å². The molecule has 1 nitrogen and oxygen atoms in total. The maximum atomic E-state index is 9.65. The van der Waals surface area contributed by atoms with Crippen molar-refractivity contribution < 1.29 is 5.11 Å². The maximum absolute atomic E-state index is 9.65. The molecule has 0 fully saturated rings. The summed E-state index contributed by atoms with van der Waals surface area (Å²) < 4.78 is 0. The van der Waals surface area contributed by atoms with Crippen LogP contribution in [0.1, 0.15) is 28.3 Å². The molecule has 0 aliphatic heterocycles. The normalized spacial score (nSPS) is 13.0. The second kappa shape index (κ2) is 3.42. The lowest BCUT2D eigenvalue weighted by Gasteiger charge is -2.05. The number of thiophene rings is 1. The quantitative estimate of drug-likeness (QED) is 0.697. The van der Waals surface area contributed by atoms with Gasteiger partial charge in [-0.3, -0.25) is 0 Å². The van der Waals surface area contributed by atoms with Crippen molar-refractivity contribution in [2.24, 2.45) is 0 Å². The van der Waals surface area contributed by atoms with Crippen molar-refractivity contribution in [1.29, 1.82) is 0 Å². The number of aliphatic hydroxyl groups is 1. The van der Waals surface area contributed by atoms with Gasteiger partial charge in [-0.05, 0) is 38.0 Å². The summed E-state index contributed by atoms with van der Waals surface area (Å²) in [7, 11) is 0. The second-order valence-electron chi connectivity index (χ2n) is 3.14. The van der Waals surface area contributed by atoms with Crippen LogP contribution in [0.2, 0.25) is 0 Å². The van der Waals surface area contributed by atoms with E-state index in [1.807, 2.05) is 13.0 Å². The zero-order chi connectivity index (χ0) is 9.30. The van der Waals surface area contributed by atoms with Crippen molar-refractivity contribution in [3.8, 4) is 0 Å². The van der Waals surface area contributed by atoms with Crippen LogP contribution in [-0.4, -0.2) is 5.11 Å². The monoisotopic (exact) mass is 182 g/mol. The molecule has 0 aromatic carbocycles. The van der Waals surface area contributed by atoms with Crippen molar-refractivity contribution in [3.05, 3.63) is 33.5 Å². The Morgan fingerprint density at radius 1 is 1.58 bits per heavy atom. The van der Waals surface area contributed by atoms with E-state index in [0.29, 0.717) is 0 Å². The molecule has 0 radical (unpaired) electrons. The lowest BCUT2D eigenvalue weighted by atomic mass is 10.1. The van der Waals surface area contributed by atoms with Crippen molar-refractivity contribution >= 4 is 11.3 Å². The standard InChI is InChI=1S/C10H14OS/c1-6(2)10(11)9-5-7(3)8(4)12-9/h5,10-11H,1H2,2-4H3. The molecule has 1 unspecified atom stereocenters. The van der Waals surface area contributed by atoms with Gasteiger partial charge in [0.1, 0.15) is 6.10 Å². The van der Waals surface area contributed by atoms with Gasteiger partial charge in [-0.15, -0.1) is 11.3 Å². The molecule has 0 aliphatic rings. The van der Waals surface area contributed by atoms with E-state index in [-0.39, 0.29) is 0 Å². The van der Waals surface area contributed by atoms with Gasteiger partial charge in [-0.1, -0.05) is 6.58 Å². The fourth-order valence-electron chi connectivity index (χ4n) is 0.979. The third-order valence-corrected chi connectivity index (χ3v) is 3.13. The molecule has 2 heteroatoms. The van der Waals surface area contributed by atoms with E-state index in [0.717, 1.165) is 10.5 Å². The number of hydrogen-bond donors (Lipinski definition) is 1. The minimum Gasteiger partial charge on any atom is -0.383 e. The van der Waals surface area contributed by atoms with E-state index in [9.17, 15) is 5.11 Å². The molecule has 66 valence electrons. The molecule has 0 amide bonds. The smallest absolute Gasteiger partial charge is 0.109 e. The SMILES string of the molecule is C=C(C)C(O)c1cc(C)c(C)s1. The molecule has 0 aliphatic carbocycles. The van der Waals surface area contributed by atoms with Crippen LogP contribution < -0.4 is 0 Å². The Balaban J connectivity index is 2.96. The summed E-state index contributed by atoms with van der Waals surface area (Å²) in [6.45, 7) is 9.69.